The zero-order valence-electron chi connectivity index (χ0n) is 25.7. The van der Waals surface area contributed by atoms with E-state index in [4.69, 9.17) is 5.73 Å². The molecule has 2 aromatic rings. The van der Waals surface area contributed by atoms with Crippen molar-refractivity contribution in [3.8, 4) is 16.9 Å². The minimum atomic E-state index is -2.66. The molecule has 0 radical (unpaired) electrons. The van der Waals surface area contributed by atoms with Gasteiger partial charge in [-0.2, -0.15) is 0 Å². The third-order valence-electron chi connectivity index (χ3n) is 9.25. The number of rotatable bonds is 8. The van der Waals surface area contributed by atoms with E-state index in [1.54, 1.807) is 20.2 Å². The Morgan fingerprint density at radius 3 is 2.23 bits per heavy atom. The van der Waals surface area contributed by atoms with E-state index >= 15 is 0 Å². The van der Waals surface area contributed by atoms with Crippen LogP contribution >= 0.6 is 0 Å². The van der Waals surface area contributed by atoms with Crippen LogP contribution in [-0.2, 0) is 22.6 Å². The summed E-state index contributed by atoms with van der Waals surface area (Å²) >= 11 is 0. The second kappa shape index (κ2) is 11.5. The molecule has 0 bridgehead atoms. The van der Waals surface area contributed by atoms with E-state index in [9.17, 15) is 34.8 Å². The molecule has 0 fully saturated rings. The van der Waals surface area contributed by atoms with Gasteiger partial charge in [-0.05, 0) is 82.3 Å². The molecule has 234 valence electrons. The predicted octanol–water partition coefficient (Wildman–Crippen LogP) is 1.78. The van der Waals surface area contributed by atoms with Crippen molar-refractivity contribution in [3.05, 3.63) is 75.8 Å². The number of aliphatic hydroxyl groups excluding tert-OH is 2. The number of fused-ring (bicyclic) bond motifs is 3. The molecule has 11 nitrogen and oxygen atoms in total. The van der Waals surface area contributed by atoms with Crippen LogP contribution in [-0.4, -0.2) is 113 Å². The van der Waals surface area contributed by atoms with E-state index in [-0.39, 0.29) is 29.7 Å². The normalized spacial score (nSPS) is 25.1. The van der Waals surface area contributed by atoms with Crippen molar-refractivity contribution in [1.82, 2.24) is 14.7 Å². The smallest absolute Gasteiger partial charge is 0.255 e. The molecule has 44 heavy (non-hydrogen) atoms. The second-order valence-corrected chi connectivity index (χ2v) is 12.7. The number of hydrogen-bond acceptors (Lipinski definition) is 10. The van der Waals surface area contributed by atoms with Gasteiger partial charge in [0.25, 0.3) is 5.91 Å². The summed E-state index contributed by atoms with van der Waals surface area (Å²) in [5, 5.41) is 45.1. The van der Waals surface area contributed by atoms with Crippen molar-refractivity contribution in [1.29, 1.82) is 0 Å². The number of ketones is 2. The van der Waals surface area contributed by atoms with Crippen molar-refractivity contribution >= 4 is 17.5 Å². The standard InChI is InChI=1S/C33H40N4O7/c1-35(2)12-13-37(5)16-17-6-8-18(9-7-17)20-10-11-23(38)25-21(20)14-19-15-22-27(36(3)4)29(40)26(32(34)43)31(42)33(22,44)30(41)24(19)28(25)39/h6-11,19,22,27,38,40-41,44H,12-16H2,1-5H3,(H2,34,43)/t19?,22?,27-,33-/m0/s1. The number of primary amides is 1. The van der Waals surface area contributed by atoms with E-state index in [0.29, 0.717) is 5.56 Å². The van der Waals surface area contributed by atoms with E-state index < -0.39 is 58.0 Å². The monoisotopic (exact) mass is 604 g/mol. The Balaban J connectivity index is 1.55. The Morgan fingerprint density at radius 2 is 1.64 bits per heavy atom. The maximum atomic E-state index is 14.0. The Bertz CT molecular complexity index is 1590. The van der Waals surface area contributed by atoms with Crippen molar-refractivity contribution in [3.63, 3.8) is 0 Å². The minimum Gasteiger partial charge on any atom is -0.510 e. The Morgan fingerprint density at radius 1 is 0.977 bits per heavy atom. The van der Waals surface area contributed by atoms with Crippen LogP contribution in [0.2, 0.25) is 0 Å². The molecule has 4 atom stereocenters. The van der Waals surface area contributed by atoms with Crippen LogP contribution in [0.5, 0.6) is 5.75 Å². The van der Waals surface area contributed by atoms with Gasteiger partial charge in [0.05, 0.1) is 11.6 Å². The minimum absolute atomic E-state index is 0.00391. The number of aromatic hydroxyl groups is 1. The topological polar surface area (TPSA) is 168 Å². The largest absolute Gasteiger partial charge is 0.510 e. The third-order valence-corrected chi connectivity index (χ3v) is 9.25. The van der Waals surface area contributed by atoms with Gasteiger partial charge in [-0.3, -0.25) is 19.3 Å². The molecule has 2 unspecified atom stereocenters. The van der Waals surface area contributed by atoms with Crippen molar-refractivity contribution in [2.75, 3.05) is 48.3 Å². The fraction of sp³-hybridized carbons (Fsp3) is 0.424. The maximum Gasteiger partial charge on any atom is 0.255 e. The molecule has 6 N–H and O–H groups in total. The summed E-state index contributed by atoms with van der Waals surface area (Å²) in [6.45, 7) is 2.63. The lowest BCUT2D eigenvalue weighted by atomic mass is 9.58. The number of phenols is 1. The third kappa shape index (κ3) is 4.99. The summed E-state index contributed by atoms with van der Waals surface area (Å²) in [6.07, 6.45) is 0.270. The molecule has 5 rings (SSSR count). The fourth-order valence-corrected chi connectivity index (χ4v) is 7.07. The van der Waals surface area contributed by atoms with Gasteiger partial charge in [0.2, 0.25) is 5.78 Å². The molecule has 11 heteroatoms. The first-order valence-corrected chi connectivity index (χ1v) is 14.6. The molecule has 3 aliphatic carbocycles. The molecule has 0 heterocycles. The number of amides is 1. The molecule has 2 aromatic carbocycles. The zero-order valence-corrected chi connectivity index (χ0v) is 25.7. The van der Waals surface area contributed by atoms with Gasteiger partial charge in [0.1, 0.15) is 22.8 Å². The molecule has 3 aliphatic rings. The fourth-order valence-electron chi connectivity index (χ4n) is 7.07. The molecular formula is C33H40N4O7. The molecule has 0 spiro atoms. The van der Waals surface area contributed by atoms with Crippen LogP contribution in [0.1, 0.15) is 27.9 Å². The lowest BCUT2D eigenvalue weighted by molar-refractivity contribution is -0.148. The van der Waals surface area contributed by atoms with Gasteiger partial charge in [-0.1, -0.05) is 30.3 Å². The summed E-state index contributed by atoms with van der Waals surface area (Å²) in [4.78, 5) is 45.5. The van der Waals surface area contributed by atoms with Gasteiger partial charge in [0.15, 0.2) is 11.4 Å². The first-order chi connectivity index (χ1) is 20.7. The lowest BCUT2D eigenvalue weighted by Crippen LogP contribution is -2.63. The Kier molecular flexibility index (Phi) is 8.19. The van der Waals surface area contributed by atoms with Gasteiger partial charge in [0, 0.05) is 31.1 Å². The molecule has 1 amide bonds. The highest BCUT2D eigenvalue weighted by Crippen LogP contribution is 2.53. The first-order valence-electron chi connectivity index (χ1n) is 14.6. The van der Waals surface area contributed by atoms with E-state index in [1.807, 2.05) is 38.4 Å². The second-order valence-electron chi connectivity index (χ2n) is 12.7. The van der Waals surface area contributed by atoms with Gasteiger partial charge >= 0.3 is 0 Å². The average molecular weight is 605 g/mol. The van der Waals surface area contributed by atoms with Gasteiger partial charge in [-0.25, -0.2) is 0 Å². The average Bonchev–Trinajstić information content (AvgIpc) is 2.94. The van der Waals surface area contributed by atoms with Crippen LogP contribution in [0, 0.1) is 11.8 Å². The van der Waals surface area contributed by atoms with Crippen LogP contribution in [0.25, 0.3) is 11.1 Å². The number of Topliss-reactive ketones (excluding diaryl/α,β-unsaturated/α-hetero) is 2. The summed E-state index contributed by atoms with van der Waals surface area (Å²) in [5.41, 5.74) is 5.06. The number of phenolic OH excluding ortho intramolecular Hbond substituents is 1. The molecule has 0 saturated heterocycles. The number of hydrogen-bond donors (Lipinski definition) is 5. The summed E-state index contributed by atoms with van der Waals surface area (Å²) in [6, 6.07) is 10.2. The summed E-state index contributed by atoms with van der Waals surface area (Å²) in [7, 11) is 9.35. The highest BCUT2D eigenvalue weighted by molar-refractivity contribution is 6.24. The van der Waals surface area contributed by atoms with Crippen molar-refractivity contribution in [2.45, 2.75) is 31.0 Å². The number of carbonyl (C=O) groups excluding carboxylic acids is 3. The van der Waals surface area contributed by atoms with Gasteiger partial charge in [-0.15, -0.1) is 0 Å². The molecular weight excluding hydrogens is 564 g/mol. The first kappa shape index (κ1) is 31.4. The molecule has 0 aliphatic heterocycles. The number of likely N-dealkylation sites (N-methyl/N-ethyl adjacent to an activating group) is 3. The van der Waals surface area contributed by atoms with Crippen LogP contribution in [0.15, 0.2) is 59.1 Å². The molecule has 0 aromatic heterocycles. The van der Waals surface area contributed by atoms with E-state index in [2.05, 4.69) is 16.8 Å². The zero-order chi connectivity index (χ0) is 32.2. The van der Waals surface area contributed by atoms with Crippen molar-refractivity contribution in [2.24, 2.45) is 17.6 Å². The van der Waals surface area contributed by atoms with Crippen LogP contribution in [0.4, 0.5) is 0 Å². The Labute approximate surface area is 256 Å². The molecule has 0 saturated carbocycles. The van der Waals surface area contributed by atoms with E-state index in [1.165, 1.54) is 11.0 Å². The lowest BCUT2D eigenvalue weighted by Gasteiger charge is -2.50. The SMILES string of the molecule is CN(C)CCN(C)Cc1ccc(-c2ccc(O)c3c2CC2CC4[C@H](N(C)C)C(O)=C(C(N)=O)C(=O)[C@@]4(O)C(O)=C2C3=O)cc1. The maximum absolute atomic E-state index is 14.0. The summed E-state index contributed by atoms with van der Waals surface area (Å²) < 4.78 is 0. The number of allylic oxidation sites excluding steroid dienone is 1. The number of nitrogens with zero attached hydrogens (tertiary/aromatic N) is 3. The van der Waals surface area contributed by atoms with Crippen LogP contribution < -0.4 is 5.73 Å². The van der Waals surface area contributed by atoms with Crippen molar-refractivity contribution < 1.29 is 34.8 Å². The number of aliphatic hydroxyl groups is 3. The number of carbonyl (C=O) groups is 3. The highest BCUT2D eigenvalue weighted by Gasteiger charge is 2.63. The Hall–Kier alpha value is -4.03. The van der Waals surface area contributed by atoms with Crippen LogP contribution in [0.3, 0.4) is 0 Å². The number of nitrogens with two attached hydrogens (primary N) is 1. The quantitative estimate of drug-likeness (QED) is 0.280. The predicted molar refractivity (Wildman–Crippen MR) is 164 cm³/mol. The van der Waals surface area contributed by atoms with Gasteiger partial charge < -0.3 is 36.0 Å². The number of benzene rings is 2. The van der Waals surface area contributed by atoms with E-state index in [0.717, 1.165) is 36.3 Å². The highest BCUT2D eigenvalue weighted by atomic mass is 16.3. The summed E-state index contributed by atoms with van der Waals surface area (Å²) in [5.74, 6) is -6.65.